The number of rotatable bonds is 1. The molecule has 0 aliphatic carbocycles. The zero-order valence-corrected chi connectivity index (χ0v) is 12.2. The van der Waals surface area contributed by atoms with Crippen LogP contribution in [0.2, 0.25) is 0 Å². The molecule has 1 aliphatic rings. The maximum Gasteiger partial charge on any atom is 0.259 e. The molecule has 100 valence electrons. The molecule has 3 heterocycles. The molecule has 19 heavy (non-hydrogen) atoms. The fourth-order valence-corrected chi connectivity index (χ4v) is 2.87. The highest BCUT2D eigenvalue weighted by Crippen LogP contribution is 2.19. The van der Waals surface area contributed by atoms with Gasteiger partial charge in [0.2, 0.25) is 0 Å². The molecule has 0 spiro atoms. The average Bonchev–Trinajstić information content (AvgIpc) is 2.41. The summed E-state index contributed by atoms with van der Waals surface area (Å²) in [5.41, 5.74) is 1.61. The minimum Gasteiger partial charge on any atom is -0.378 e. The summed E-state index contributed by atoms with van der Waals surface area (Å²) >= 11 is 3.47. The summed E-state index contributed by atoms with van der Waals surface area (Å²) in [5, 5.41) is 0. The smallest absolute Gasteiger partial charge is 0.259 e. The number of aryl methyl sites for hydroxylation is 1. The normalized spacial score (nSPS) is 16.0. The molecule has 0 amide bonds. The maximum absolute atomic E-state index is 12.2. The number of anilines is 1. The summed E-state index contributed by atoms with van der Waals surface area (Å²) in [7, 11) is 0. The third-order valence-corrected chi connectivity index (χ3v) is 3.76. The number of aromatic nitrogens is 2. The predicted molar refractivity (Wildman–Crippen MR) is 76.9 cm³/mol. The van der Waals surface area contributed by atoms with Crippen LogP contribution in [0.25, 0.3) is 5.65 Å². The second kappa shape index (κ2) is 4.94. The van der Waals surface area contributed by atoms with Gasteiger partial charge in [-0.3, -0.25) is 9.20 Å². The standard InChI is InChI=1S/C13H14BrN3O2/c1-9-6-10(14)13-15-11(7-12(18)17(13)8-9)16-2-4-19-5-3-16/h6-8H,2-5H2,1H3. The minimum absolute atomic E-state index is 0.0594. The number of pyridine rings is 1. The van der Waals surface area contributed by atoms with E-state index in [2.05, 4.69) is 25.8 Å². The summed E-state index contributed by atoms with van der Waals surface area (Å²) in [4.78, 5) is 18.9. The van der Waals surface area contributed by atoms with Crippen molar-refractivity contribution in [2.24, 2.45) is 0 Å². The second-order valence-electron chi connectivity index (χ2n) is 4.61. The van der Waals surface area contributed by atoms with Gasteiger partial charge >= 0.3 is 0 Å². The number of hydrogen-bond acceptors (Lipinski definition) is 4. The Balaban J connectivity index is 2.15. The molecule has 0 N–H and O–H groups in total. The molecule has 0 saturated carbocycles. The quantitative estimate of drug-likeness (QED) is 0.799. The summed E-state index contributed by atoms with van der Waals surface area (Å²) < 4.78 is 7.72. The van der Waals surface area contributed by atoms with E-state index in [-0.39, 0.29) is 5.56 Å². The SMILES string of the molecule is Cc1cc(Br)c2nc(N3CCOCC3)cc(=O)n2c1. The van der Waals surface area contributed by atoms with Crippen LogP contribution in [0.4, 0.5) is 5.82 Å². The lowest BCUT2D eigenvalue weighted by atomic mass is 10.3. The van der Waals surface area contributed by atoms with Gasteiger partial charge in [0.25, 0.3) is 5.56 Å². The summed E-state index contributed by atoms with van der Waals surface area (Å²) in [6, 6.07) is 3.55. The lowest BCUT2D eigenvalue weighted by molar-refractivity contribution is 0.122. The van der Waals surface area contributed by atoms with Gasteiger partial charge < -0.3 is 9.64 Å². The Morgan fingerprint density at radius 3 is 2.79 bits per heavy atom. The predicted octanol–water partition coefficient (Wildman–Crippen LogP) is 1.60. The zero-order chi connectivity index (χ0) is 13.4. The van der Waals surface area contributed by atoms with Crippen molar-refractivity contribution in [2.45, 2.75) is 6.92 Å². The van der Waals surface area contributed by atoms with Gasteiger partial charge in [0.15, 0.2) is 5.65 Å². The maximum atomic E-state index is 12.2. The van der Waals surface area contributed by atoms with E-state index in [0.29, 0.717) is 18.9 Å². The van der Waals surface area contributed by atoms with Crippen molar-refractivity contribution < 1.29 is 4.74 Å². The highest BCUT2D eigenvalue weighted by atomic mass is 79.9. The van der Waals surface area contributed by atoms with Crippen LogP contribution in [-0.4, -0.2) is 35.7 Å². The number of hydrogen-bond donors (Lipinski definition) is 0. The monoisotopic (exact) mass is 323 g/mol. The number of morpholine rings is 1. The van der Waals surface area contributed by atoms with E-state index in [1.54, 1.807) is 16.7 Å². The van der Waals surface area contributed by atoms with E-state index in [9.17, 15) is 4.79 Å². The summed E-state index contributed by atoms with van der Waals surface area (Å²) in [6.07, 6.45) is 1.80. The van der Waals surface area contributed by atoms with Crippen molar-refractivity contribution in [3.8, 4) is 0 Å². The van der Waals surface area contributed by atoms with Gasteiger partial charge in [0, 0.05) is 25.4 Å². The first-order valence-electron chi connectivity index (χ1n) is 6.17. The van der Waals surface area contributed by atoms with E-state index in [4.69, 9.17) is 4.74 Å². The van der Waals surface area contributed by atoms with Gasteiger partial charge in [0.1, 0.15) is 5.82 Å². The largest absolute Gasteiger partial charge is 0.378 e. The number of ether oxygens (including phenoxy) is 1. The van der Waals surface area contributed by atoms with Crippen molar-refractivity contribution in [3.05, 3.63) is 38.7 Å². The molecular weight excluding hydrogens is 310 g/mol. The van der Waals surface area contributed by atoms with Crippen LogP contribution in [0.3, 0.4) is 0 Å². The van der Waals surface area contributed by atoms with Gasteiger partial charge in [-0.2, -0.15) is 0 Å². The van der Waals surface area contributed by atoms with E-state index >= 15 is 0 Å². The van der Waals surface area contributed by atoms with E-state index in [0.717, 1.165) is 28.9 Å². The van der Waals surface area contributed by atoms with Gasteiger partial charge in [-0.15, -0.1) is 0 Å². The molecule has 2 aromatic heterocycles. The van der Waals surface area contributed by atoms with E-state index < -0.39 is 0 Å². The second-order valence-corrected chi connectivity index (χ2v) is 5.47. The van der Waals surface area contributed by atoms with Crippen LogP contribution in [0.1, 0.15) is 5.56 Å². The topological polar surface area (TPSA) is 46.8 Å². The number of halogens is 1. The van der Waals surface area contributed by atoms with Crippen molar-refractivity contribution in [1.29, 1.82) is 0 Å². The average molecular weight is 324 g/mol. The van der Waals surface area contributed by atoms with Crippen LogP contribution in [0.5, 0.6) is 0 Å². The molecule has 1 aliphatic heterocycles. The Morgan fingerprint density at radius 1 is 1.32 bits per heavy atom. The molecule has 0 unspecified atom stereocenters. The van der Waals surface area contributed by atoms with Crippen molar-refractivity contribution in [2.75, 3.05) is 31.2 Å². The van der Waals surface area contributed by atoms with E-state index in [1.165, 1.54) is 0 Å². The lowest BCUT2D eigenvalue weighted by Gasteiger charge is -2.27. The van der Waals surface area contributed by atoms with Gasteiger partial charge in [-0.05, 0) is 34.5 Å². The first-order valence-corrected chi connectivity index (χ1v) is 6.97. The highest BCUT2D eigenvalue weighted by molar-refractivity contribution is 9.10. The Labute approximate surface area is 119 Å². The van der Waals surface area contributed by atoms with Gasteiger partial charge in [0.05, 0.1) is 17.7 Å². The van der Waals surface area contributed by atoms with Gasteiger partial charge in [-0.25, -0.2) is 4.98 Å². The molecule has 0 atom stereocenters. The molecule has 0 bridgehead atoms. The number of fused-ring (bicyclic) bond motifs is 1. The van der Waals surface area contributed by atoms with Crippen LogP contribution < -0.4 is 10.5 Å². The molecular formula is C13H14BrN3O2. The third kappa shape index (κ3) is 2.37. The third-order valence-electron chi connectivity index (χ3n) is 3.17. The van der Waals surface area contributed by atoms with Crippen molar-refractivity contribution in [3.63, 3.8) is 0 Å². The molecule has 0 radical (unpaired) electrons. The minimum atomic E-state index is -0.0594. The van der Waals surface area contributed by atoms with Crippen LogP contribution >= 0.6 is 15.9 Å². The Bertz CT molecular complexity index is 677. The van der Waals surface area contributed by atoms with Gasteiger partial charge in [-0.1, -0.05) is 0 Å². The van der Waals surface area contributed by atoms with Crippen LogP contribution in [-0.2, 0) is 4.74 Å². The molecule has 2 aromatic rings. The van der Waals surface area contributed by atoms with Crippen LogP contribution in [0.15, 0.2) is 27.6 Å². The first-order chi connectivity index (χ1) is 9.15. The highest BCUT2D eigenvalue weighted by Gasteiger charge is 2.15. The van der Waals surface area contributed by atoms with E-state index in [1.807, 2.05) is 13.0 Å². The Morgan fingerprint density at radius 2 is 2.05 bits per heavy atom. The molecule has 3 rings (SSSR count). The molecule has 0 aromatic carbocycles. The molecule has 5 nitrogen and oxygen atoms in total. The van der Waals surface area contributed by atoms with Crippen LogP contribution in [0, 0.1) is 6.92 Å². The Kier molecular flexibility index (Phi) is 3.28. The fourth-order valence-electron chi connectivity index (χ4n) is 2.23. The molecule has 1 saturated heterocycles. The molecule has 1 fully saturated rings. The first kappa shape index (κ1) is 12.6. The zero-order valence-electron chi connectivity index (χ0n) is 10.6. The Hall–Kier alpha value is -1.40. The van der Waals surface area contributed by atoms with Crippen molar-refractivity contribution in [1.82, 2.24) is 9.38 Å². The number of nitrogens with zero attached hydrogens (tertiary/aromatic N) is 3. The van der Waals surface area contributed by atoms with Crippen molar-refractivity contribution >= 4 is 27.4 Å². The molecule has 6 heteroatoms. The lowest BCUT2D eigenvalue weighted by Crippen LogP contribution is -2.37. The summed E-state index contributed by atoms with van der Waals surface area (Å²) in [5.74, 6) is 0.720. The summed E-state index contributed by atoms with van der Waals surface area (Å²) in [6.45, 7) is 4.84. The fraction of sp³-hybridized carbons (Fsp3) is 0.385.